The number of rotatable bonds is 9. The molecule has 0 aliphatic rings. The maximum atomic E-state index is 13.0. The molecule has 0 spiro atoms. The van der Waals surface area contributed by atoms with E-state index in [1.54, 1.807) is 27.7 Å². The van der Waals surface area contributed by atoms with Gasteiger partial charge in [0.25, 0.3) is 0 Å². The Labute approximate surface area is 168 Å². The summed E-state index contributed by atoms with van der Waals surface area (Å²) >= 11 is 0. The second kappa shape index (κ2) is 9.42. The van der Waals surface area contributed by atoms with Crippen molar-refractivity contribution in [2.24, 2.45) is 0 Å². The SMILES string of the molecule is CC(C)OP(=O)(COc1cc(OC(C)(C)C)nc(OC(C)(C)C)n1)OC(C)C. The molecule has 0 aliphatic heterocycles. The summed E-state index contributed by atoms with van der Waals surface area (Å²) in [5.41, 5.74) is -0.976. The largest absolute Gasteiger partial charge is 0.472 e. The van der Waals surface area contributed by atoms with Gasteiger partial charge < -0.3 is 23.3 Å². The fraction of sp³-hybridized carbons (Fsp3) is 0.789. The molecule has 0 radical (unpaired) electrons. The minimum Gasteiger partial charge on any atom is -0.472 e. The van der Waals surface area contributed by atoms with E-state index in [2.05, 4.69) is 9.97 Å². The highest BCUT2D eigenvalue weighted by molar-refractivity contribution is 7.53. The van der Waals surface area contributed by atoms with E-state index in [0.717, 1.165) is 0 Å². The number of nitrogens with zero attached hydrogens (tertiary/aromatic N) is 2. The Morgan fingerprint density at radius 1 is 0.857 bits per heavy atom. The van der Waals surface area contributed by atoms with Gasteiger partial charge in [0.15, 0.2) is 6.35 Å². The molecule has 1 aromatic heterocycles. The molecule has 0 N–H and O–H groups in total. The molecule has 1 rings (SSSR count). The summed E-state index contributed by atoms with van der Waals surface area (Å²) < 4.78 is 41.2. The van der Waals surface area contributed by atoms with E-state index >= 15 is 0 Å². The minimum absolute atomic E-state index is 0.105. The molecule has 1 heterocycles. The van der Waals surface area contributed by atoms with Gasteiger partial charge in [0.2, 0.25) is 11.8 Å². The van der Waals surface area contributed by atoms with Gasteiger partial charge in [0.1, 0.15) is 11.2 Å². The molecular weight excluding hydrogens is 383 g/mol. The standard InChI is InChI=1S/C19H35N2O6P/c1-13(2)26-28(22,27-14(3)4)12-23-15-11-16(24-18(5,6)7)21-17(20-15)25-19(8,9)10/h11,13-14H,12H2,1-10H3. The summed E-state index contributed by atoms with van der Waals surface area (Å²) in [6.45, 7) is 18.5. The predicted octanol–water partition coefficient (Wildman–Crippen LogP) is 5.21. The maximum absolute atomic E-state index is 13.0. The van der Waals surface area contributed by atoms with E-state index in [9.17, 15) is 4.57 Å². The maximum Gasteiger partial charge on any atom is 0.368 e. The topological polar surface area (TPSA) is 89.0 Å². The summed E-state index contributed by atoms with van der Waals surface area (Å²) in [4.78, 5) is 8.52. The van der Waals surface area contributed by atoms with Gasteiger partial charge in [0.05, 0.1) is 18.3 Å². The normalized spacial score (nSPS) is 13.1. The monoisotopic (exact) mass is 418 g/mol. The Morgan fingerprint density at radius 3 is 1.75 bits per heavy atom. The molecule has 0 unspecified atom stereocenters. The van der Waals surface area contributed by atoms with E-state index in [-0.39, 0.29) is 30.4 Å². The van der Waals surface area contributed by atoms with Crippen LogP contribution in [0.25, 0.3) is 0 Å². The number of ether oxygens (including phenoxy) is 3. The van der Waals surface area contributed by atoms with Crippen LogP contribution in [0, 0.1) is 0 Å². The Hall–Kier alpha value is -1.37. The van der Waals surface area contributed by atoms with Crippen LogP contribution in [0.1, 0.15) is 69.2 Å². The Bertz CT molecular complexity index is 632. The molecule has 28 heavy (non-hydrogen) atoms. The Morgan fingerprint density at radius 2 is 1.32 bits per heavy atom. The van der Waals surface area contributed by atoms with Crippen molar-refractivity contribution in [1.29, 1.82) is 0 Å². The fourth-order valence-electron chi connectivity index (χ4n) is 2.02. The molecule has 0 atom stereocenters. The lowest BCUT2D eigenvalue weighted by molar-refractivity contribution is 0.0995. The molecular formula is C19H35N2O6P. The van der Waals surface area contributed by atoms with Crippen LogP contribution in [0.15, 0.2) is 6.07 Å². The van der Waals surface area contributed by atoms with E-state index < -0.39 is 18.8 Å². The highest BCUT2D eigenvalue weighted by Crippen LogP contribution is 2.50. The van der Waals surface area contributed by atoms with E-state index in [1.165, 1.54) is 6.07 Å². The van der Waals surface area contributed by atoms with Crippen LogP contribution < -0.4 is 14.2 Å². The van der Waals surface area contributed by atoms with Crippen LogP contribution in [0.5, 0.6) is 17.8 Å². The van der Waals surface area contributed by atoms with Crippen LogP contribution >= 0.6 is 7.60 Å². The van der Waals surface area contributed by atoms with Gasteiger partial charge >= 0.3 is 13.6 Å². The van der Waals surface area contributed by atoms with Gasteiger partial charge in [-0.2, -0.15) is 9.97 Å². The zero-order valence-electron chi connectivity index (χ0n) is 18.7. The van der Waals surface area contributed by atoms with Gasteiger partial charge in [-0.1, -0.05) is 0 Å². The first kappa shape index (κ1) is 24.7. The summed E-state index contributed by atoms with van der Waals surface area (Å²) in [5, 5.41) is 0. The van der Waals surface area contributed by atoms with Crippen molar-refractivity contribution in [3.8, 4) is 17.8 Å². The molecule has 0 saturated carbocycles. The van der Waals surface area contributed by atoms with Crippen LogP contribution in [0.3, 0.4) is 0 Å². The number of aromatic nitrogens is 2. The second-order valence-corrected chi connectivity index (χ2v) is 10.9. The lowest BCUT2D eigenvalue weighted by Crippen LogP contribution is -2.26. The van der Waals surface area contributed by atoms with Crippen LogP contribution in [-0.2, 0) is 13.6 Å². The molecule has 0 saturated heterocycles. The zero-order chi connectivity index (χ0) is 21.8. The molecule has 0 aromatic carbocycles. The van der Waals surface area contributed by atoms with Crippen molar-refractivity contribution in [2.45, 2.75) is 92.6 Å². The molecule has 0 amide bonds. The van der Waals surface area contributed by atoms with Gasteiger partial charge in [-0.3, -0.25) is 4.57 Å². The van der Waals surface area contributed by atoms with Crippen LogP contribution in [-0.4, -0.2) is 39.7 Å². The van der Waals surface area contributed by atoms with Crippen molar-refractivity contribution in [3.05, 3.63) is 6.07 Å². The fourth-order valence-corrected chi connectivity index (χ4v) is 3.76. The first-order chi connectivity index (χ1) is 12.6. The molecule has 1 aromatic rings. The molecule has 162 valence electrons. The van der Waals surface area contributed by atoms with E-state index in [1.807, 2.05) is 41.5 Å². The third-order valence-electron chi connectivity index (χ3n) is 2.58. The van der Waals surface area contributed by atoms with Crippen molar-refractivity contribution in [3.63, 3.8) is 0 Å². The highest BCUT2D eigenvalue weighted by Gasteiger charge is 2.30. The van der Waals surface area contributed by atoms with Crippen molar-refractivity contribution >= 4 is 7.60 Å². The predicted molar refractivity (Wildman–Crippen MR) is 108 cm³/mol. The Kier molecular flexibility index (Phi) is 8.30. The first-order valence-electron chi connectivity index (χ1n) is 9.43. The molecule has 8 nitrogen and oxygen atoms in total. The van der Waals surface area contributed by atoms with Crippen molar-refractivity contribution in [2.75, 3.05) is 6.35 Å². The summed E-state index contributed by atoms with van der Waals surface area (Å²) in [6.07, 6.45) is -0.846. The van der Waals surface area contributed by atoms with Gasteiger partial charge in [0, 0.05) is 0 Å². The molecule has 0 bridgehead atoms. The lowest BCUT2D eigenvalue weighted by atomic mass is 10.2. The number of hydrogen-bond acceptors (Lipinski definition) is 8. The second-order valence-electron chi connectivity index (χ2n) is 8.95. The quantitative estimate of drug-likeness (QED) is 0.505. The molecule has 9 heteroatoms. The average molecular weight is 418 g/mol. The smallest absolute Gasteiger partial charge is 0.368 e. The third kappa shape index (κ3) is 10.2. The Balaban J connectivity index is 3.10. The van der Waals surface area contributed by atoms with Crippen molar-refractivity contribution in [1.82, 2.24) is 9.97 Å². The third-order valence-corrected chi connectivity index (χ3v) is 4.51. The van der Waals surface area contributed by atoms with E-state index in [4.69, 9.17) is 23.3 Å². The molecule has 0 fully saturated rings. The van der Waals surface area contributed by atoms with E-state index in [0.29, 0.717) is 5.88 Å². The van der Waals surface area contributed by atoms with Gasteiger partial charge in [-0.05, 0) is 69.2 Å². The average Bonchev–Trinajstić information content (AvgIpc) is 2.39. The van der Waals surface area contributed by atoms with Gasteiger partial charge in [-0.15, -0.1) is 0 Å². The highest BCUT2D eigenvalue weighted by atomic mass is 31.2. The van der Waals surface area contributed by atoms with Gasteiger partial charge in [-0.25, -0.2) is 0 Å². The lowest BCUT2D eigenvalue weighted by Gasteiger charge is -2.24. The van der Waals surface area contributed by atoms with Crippen molar-refractivity contribution < 1.29 is 27.8 Å². The van der Waals surface area contributed by atoms with Crippen LogP contribution in [0.4, 0.5) is 0 Å². The summed E-state index contributed by atoms with van der Waals surface area (Å²) in [5.74, 6) is 0.453. The summed E-state index contributed by atoms with van der Waals surface area (Å²) in [6, 6.07) is 1.63. The van der Waals surface area contributed by atoms with Crippen LogP contribution in [0.2, 0.25) is 0 Å². The molecule has 0 aliphatic carbocycles. The summed E-state index contributed by atoms with van der Waals surface area (Å²) in [7, 11) is -3.47. The number of hydrogen-bond donors (Lipinski definition) is 0. The minimum atomic E-state index is -3.47. The zero-order valence-corrected chi connectivity index (χ0v) is 19.6. The first-order valence-corrected chi connectivity index (χ1v) is 11.2.